The molecule has 8 heteroatoms. The molecule has 3 rings (SSSR count). The molecule has 0 N–H and O–H groups in total. The Morgan fingerprint density at radius 1 is 1.14 bits per heavy atom. The molecule has 0 spiro atoms. The zero-order valence-electron chi connectivity index (χ0n) is 14.9. The average molecular weight is 397 g/mol. The van der Waals surface area contributed by atoms with Crippen molar-refractivity contribution in [2.75, 3.05) is 13.1 Å². The van der Waals surface area contributed by atoms with E-state index in [0.717, 1.165) is 12.8 Å². The van der Waals surface area contributed by atoms with Crippen molar-refractivity contribution >= 4 is 5.91 Å². The Hall–Kier alpha value is -2.61. The molecule has 1 aliphatic heterocycles. The van der Waals surface area contributed by atoms with Crippen LogP contribution in [0.15, 0.2) is 48.5 Å². The lowest BCUT2D eigenvalue weighted by Crippen LogP contribution is -2.43. The Balaban J connectivity index is 1.57. The third-order valence-electron chi connectivity index (χ3n) is 4.35. The van der Waals surface area contributed by atoms with Crippen LogP contribution in [0.5, 0.6) is 5.75 Å². The third-order valence-corrected chi connectivity index (χ3v) is 4.35. The Bertz CT molecular complexity index is 825. The van der Waals surface area contributed by atoms with E-state index in [1.165, 1.54) is 36.4 Å². The molecule has 1 amide bonds. The number of hydrogen-bond acceptors (Lipinski definition) is 3. The maximum Gasteiger partial charge on any atom is 0.573 e. The van der Waals surface area contributed by atoms with Gasteiger partial charge in [-0.3, -0.25) is 4.79 Å². The lowest BCUT2D eigenvalue weighted by atomic mass is 10.1. The zero-order valence-corrected chi connectivity index (χ0v) is 14.9. The molecular formula is C20H19F4NO3. The first-order chi connectivity index (χ1) is 13.3. The van der Waals surface area contributed by atoms with Crippen molar-refractivity contribution in [2.24, 2.45) is 0 Å². The molecule has 0 aromatic heterocycles. The predicted octanol–water partition coefficient (Wildman–Crippen LogP) is 4.55. The summed E-state index contributed by atoms with van der Waals surface area (Å²) in [7, 11) is 0. The maximum atomic E-state index is 13.3. The monoisotopic (exact) mass is 397 g/mol. The van der Waals surface area contributed by atoms with Gasteiger partial charge in [0.2, 0.25) is 0 Å². The summed E-state index contributed by atoms with van der Waals surface area (Å²) in [5.41, 5.74) is 0.813. The standard InChI is InChI=1S/C20H19F4NO3/c21-16-6-2-5-15(11-16)19(26)25-9-3-8-18(12-25)27-13-14-4-1-7-17(10-14)28-20(22,23)24/h1-2,4-7,10-11,18H,3,8-9,12-13H2/t18-/m1/s1. The second-order valence-corrected chi connectivity index (χ2v) is 6.53. The normalized spacial score (nSPS) is 17.4. The predicted molar refractivity (Wildman–Crippen MR) is 93.2 cm³/mol. The van der Waals surface area contributed by atoms with Gasteiger partial charge in [-0.25, -0.2) is 4.39 Å². The van der Waals surface area contributed by atoms with Crippen molar-refractivity contribution in [2.45, 2.75) is 31.9 Å². The minimum atomic E-state index is -4.75. The van der Waals surface area contributed by atoms with Crippen LogP contribution in [-0.4, -0.2) is 36.4 Å². The number of hydrogen-bond donors (Lipinski definition) is 0. The number of halogens is 4. The molecule has 4 nitrogen and oxygen atoms in total. The molecule has 2 aromatic carbocycles. The first-order valence-electron chi connectivity index (χ1n) is 8.81. The number of carbonyl (C=O) groups is 1. The van der Waals surface area contributed by atoms with Crippen molar-refractivity contribution in [3.8, 4) is 5.75 Å². The third kappa shape index (κ3) is 5.69. The lowest BCUT2D eigenvalue weighted by molar-refractivity contribution is -0.274. The number of alkyl halides is 3. The molecule has 0 bridgehead atoms. The fourth-order valence-corrected chi connectivity index (χ4v) is 3.11. The van der Waals surface area contributed by atoms with Crippen LogP contribution in [0, 0.1) is 5.82 Å². The van der Waals surface area contributed by atoms with Gasteiger partial charge in [0.05, 0.1) is 12.7 Å². The molecule has 1 saturated heterocycles. The molecule has 0 radical (unpaired) electrons. The molecule has 0 saturated carbocycles. The molecular weight excluding hydrogens is 378 g/mol. The summed E-state index contributed by atoms with van der Waals surface area (Å²) in [6.07, 6.45) is -3.55. The van der Waals surface area contributed by atoms with Crippen LogP contribution < -0.4 is 4.74 Å². The molecule has 28 heavy (non-hydrogen) atoms. The largest absolute Gasteiger partial charge is 0.573 e. The number of carbonyl (C=O) groups excluding carboxylic acids is 1. The zero-order chi connectivity index (χ0) is 20.1. The van der Waals surface area contributed by atoms with Crippen LogP contribution in [0.4, 0.5) is 17.6 Å². The van der Waals surface area contributed by atoms with Gasteiger partial charge in [-0.1, -0.05) is 18.2 Å². The van der Waals surface area contributed by atoms with E-state index in [-0.39, 0.29) is 29.9 Å². The Labute approximate surface area is 159 Å². The topological polar surface area (TPSA) is 38.8 Å². The van der Waals surface area contributed by atoms with Crippen LogP contribution >= 0.6 is 0 Å². The number of benzene rings is 2. The van der Waals surface area contributed by atoms with Gasteiger partial charge in [-0.05, 0) is 48.7 Å². The first kappa shape index (κ1) is 20.1. The van der Waals surface area contributed by atoms with E-state index < -0.39 is 12.2 Å². The van der Waals surface area contributed by atoms with Crippen molar-refractivity contribution in [1.29, 1.82) is 0 Å². The van der Waals surface area contributed by atoms with Gasteiger partial charge in [0.15, 0.2) is 0 Å². The van der Waals surface area contributed by atoms with Crippen LogP contribution in [0.1, 0.15) is 28.8 Å². The van der Waals surface area contributed by atoms with Crippen molar-refractivity contribution in [1.82, 2.24) is 4.90 Å². The van der Waals surface area contributed by atoms with Crippen LogP contribution in [0.3, 0.4) is 0 Å². The maximum absolute atomic E-state index is 13.3. The van der Waals surface area contributed by atoms with Crippen molar-refractivity contribution in [3.63, 3.8) is 0 Å². The quantitative estimate of drug-likeness (QED) is 0.695. The molecule has 150 valence electrons. The van der Waals surface area contributed by atoms with E-state index in [2.05, 4.69) is 4.74 Å². The highest BCUT2D eigenvalue weighted by atomic mass is 19.4. The molecule has 1 fully saturated rings. The molecule has 1 heterocycles. The van der Waals surface area contributed by atoms with E-state index in [1.807, 2.05) is 0 Å². The fraction of sp³-hybridized carbons (Fsp3) is 0.350. The summed E-state index contributed by atoms with van der Waals surface area (Å²) in [5.74, 6) is -1.05. The van der Waals surface area contributed by atoms with Crippen molar-refractivity contribution in [3.05, 3.63) is 65.5 Å². The second kappa shape index (κ2) is 8.60. The Morgan fingerprint density at radius 2 is 1.93 bits per heavy atom. The molecule has 2 aromatic rings. The smallest absolute Gasteiger partial charge is 0.406 e. The highest BCUT2D eigenvalue weighted by Gasteiger charge is 2.31. The van der Waals surface area contributed by atoms with E-state index >= 15 is 0 Å². The number of likely N-dealkylation sites (tertiary alicyclic amines) is 1. The van der Waals surface area contributed by atoms with E-state index in [9.17, 15) is 22.4 Å². The summed E-state index contributed by atoms with van der Waals surface area (Å²) < 4.78 is 60.0. The Kier molecular flexibility index (Phi) is 6.18. The summed E-state index contributed by atoms with van der Waals surface area (Å²) >= 11 is 0. The number of rotatable bonds is 5. The second-order valence-electron chi connectivity index (χ2n) is 6.53. The first-order valence-corrected chi connectivity index (χ1v) is 8.81. The number of piperidine rings is 1. The highest BCUT2D eigenvalue weighted by Crippen LogP contribution is 2.24. The van der Waals surface area contributed by atoms with Gasteiger partial charge < -0.3 is 14.4 Å². The van der Waals surface area contributed by atoms with Crippen molar-refractivity contribution < 1.29 is 31.8 Å². The van der Waals surface area contributed by atoms with Gasteiger partial charge in [-0.2, -0.15) is 0 Å². The number of nitrogens with zero attached hydrogens (tertiary/aromatic N) is 1. The van der Waals surface area contributed by atoms with Gasteiger partial charge in [-0.15, -0.1) is 13.2 Å². The van der Waals surface area contributed by atoms with Gasteiger partial charge in [0, 0.05) is 18.7 Å². The fourth-order valence-electron chi connectivity index (χ4n) is 3.11. The van der Waals surface area contributed by atoms with Crippen LogP contribution in [0.2, 0.25) is 0 Å². The minimum absolute atomic E-state index is 0.0989. The SMILES string of the molecule is O=C(c1cccc(F)c1)N1CCC[C@@H](OCc2cccc(OC(F)(F)F)c2)C1. The molecule has 0 unspecified atom stereocenters. The summed E-state index contributed by atoms with van der Waals surface area (Å²) in [5, 5.41) is 0. The van der Waals surface area contributed by atoms with E-state index in [1.54, 1.807) is 17.0 Å². The van der Waals surface area contributed by atoms with Crippen LogP contribution in [-0.2, 0) is 11.3 Å². The number of ether oxygens (including phenoxy) is 2. The Morgan fingerprint density at radius 3 is 2.68 bits per heavy atom. The minimum Gasteiger partial charge on any atom is -0.406 e. The van der Waals surface area contributed by atoms with E-state index in [4.69, 9.17) is 4.74 Å². The summed E-state index contributed by atoms with van der Waals surface area (Å²) in [6, 6.07) is 11.1. The van der Waals surface area contributed by atoms with Crippen LogP contribution in [0.25, 0.3) is 0 Å². The highest BCUT2D eigenvalue weighted by molar-refractivity contribution is 5.94. The summed E-state index contributed by atoms with van der Waals surface area (Å²) in [4.78, 5) is 14.1. The van der Waals surface area contributed by atoms with E-state index in [0.29, 0.717) is 18.7 Å². The number of amides is 1. The lowest BCUT2D eigenvalue weighted by Gasteiger charge is -2.32. The summed E-state index contributed by atoms with van der Waals surface area (Å²) in [6.45, 7) is 0.986. The molecule has 1 atom stereocenters. The van der Waals surface area contributed by atoms with Gasteiger partial charge in [0.25, 0.3) is 5.91 Å². The average Bonchev–Trinajstić information content (AvgIpc) is 2.65. The van der Waals surface area contributed by atoms with Gasteiger partial charge in [0.1, 0.15) is 11.6 Å². The molecule has 1 aliphatic rings. The van der Waals surface area contributed by atoms with Gasteiger partial charge >= 0.3 is 6.36 Å². The molecule has 0 aliphatic carbocycles.